The van der Waals surface area contributed by atoms with Gasteiger partial charge < -0.3 is 40.1 Å². The van der Waals surface area contributed by atoms with E-state index in [0.717, 1.165) is 17.5 Å². The van der Waals surface area contributed by atoms with Crippen LogP contribution in [0.3, 0.4) is 0 Å². The van der Waals surface area contributed by atoms with Gasteiger partial charge in [-0.1, -0.05) is 11.6 Å². The van der Waals surface area contributed by atoms with E-state index in [9.17, 15) is 27.0 Å². The molecule has 76 heavy (non-hydrogen) atoms. The number of hydrogen-bond acceptors (Lipinski definition) is 19. The van der Waals surface area contributed by atoms with E-state index in [4.69, 9.17) is 31.0 Å². The second-order valence-electron chi connectivity index (χ2n) is 17.7. The molecule has 0 saturated carbocycles. The molecule has 28 heteroatoms. The van der Waals surface area contributed by atoms with Crippen molar-refractivity contribution in [3.63, 3.8) is 0 Å². The van der Waals surface area contributed by atoms with Gasteiger partial charge in [0, 0.05) is 87.5 Å². The third-order valence-corrected chi connectivity index (χ3v) is 14.8. The molecule has 6 heterocycles. The first kappa shape index (κ1) is 54.8. The summed E-state index contributed by atoms with van der Waals surface area (Å²) < 4.78 is 87.6. The van der Waals surface area contributed by atoms with Crippen LogP contribution >= 0.6 is 11.6 Å². The van der Waals surface area contributed by atoms with E-state index >= 15 is 4.39 Å². The highest BCUT2D eigenvalue weighted by atomic mass is 35.5. The number of fused-ring (bicyclic) bond motifs is 2. The van der Waals surface area contributed by atoms with Crippen molar-refractivity contribution in [1.82, 2.24) is 55.0 Å². The molecule has 0 aliphatic rings. The van der Waals surface area contributed by atoms with E-state index in [1.165, 1.54) is 62.0 Å². The van der Waals surface area contributed by atoms with E-state index in [0.29, 0.717) is 84.3 Å². The molecular weight excluding hydrogens is 1050 g/mol. The molecule has 1 atom stereocenters. The van der Waals surface area contributed by atoms with Gasteiger partial charge in [0.2, 0.25) is 17.9 Å². The molecular formula is C48H57ClFN16O8S2+. The minimum Gasteiger partial charge on any atom is -0.497 e. The van der Waals surface area contributed by atoms with E-state index in [-0.39, 0.29) is 64.1 Å². The smallest absolute Gasteiger partial charge is 0.279 e. The number of likely N-dealkylation sites (N-methyl/N-ethyl adjacent to an activating group) is 2. The number of halogens is 2. The van der Waals surface area contributed by atoms with Crippen molar-refractivity contribution in [3.05, 3.63) is 95.3 Å². The highest BCUT2D eigenvalue weighted by Gasteiger charge is 2.27. The zero-order valence-electron chi connectivity index (χ0n) is 42.3. The van der Waals surface area contributed by atoms with Crippen molar-refractivity contribution in [3.8, 4) is 34.3 Å². The number of aryl methyl sites for hydroxylation is 2. The second-order valence-corrected chi connectivity index (χ2v) is 21.3. The molecule has 1 unspecified atom stereocenters. The fourth-order valence-corrected chi connectivity index (χ4v) is 10.3. The Morgan fingerprint density at radius 1 is 0.750 bits per heavy atom. The van der Waals surface area contributed by atoms with Gasteiger partial charge in [0.25, 0.3) is 20.0 Å². The first-order valence-corrected chi connectivity index (χ1v) is 27.1. The highest BCUT2D eigenvalue weighted by Crippen LogP contribution is 2.33. The van der Waals surface area contributed by atoms with Crippen LogP contribution in [0.5, 0.6) is 11.5 Å². The average molecular weight is 1100 g/mol. The maximum absolute atomic E-state index is 15.8. The summed E-state index contributed by atoms with van der Waals surface area (Å²) in [5, 5.41) is 36.6. The van der Waals surface area contributed by atoms with Gasteiger partial charge in [-0.15, -0.1) is 9.78 Å². The predicted molar refractivity (Wildman–Crippen MR) is 284 cm³/mol. The number of aliphatic hydroxyl groups excluding tert-OH is 2. The number of hydrogen-bond donors (Lipinski definition) is 8. The van der Waals surface area contributed by atoms with Crippen LogP contribution in [0.15, 0.2) is 83.1 Å². The van der Waals surface area contributed by atoms with Crippen molar-refractivity contribution in [2.24, 2.45) is 0 Å². The van der Waals surface area contributed by atoms with Crippen LogP contribution in [-0.2, 0) is 26.6 Å². The molecule has 8 N–H and O–H groups in total. The Hall–Kier alpha value is -7.40. The Labute approximate surface area is 442 Å². The van der Waals surface area contributed by atoms with Crippen LogP contribution in [-0.4, -0.2) is 162 Å². The van der Waals surface area contributed by atoms with Gasteiger partial charge in [0.15, 0.2) is 33.5 Å². The summed E-state index contributed by atoms with van der Waals surface area (Å²) in [6.45, 7) is 8.86. The zero-order chi connectivity index (χ0) is 54.3. The monoisotopic (exact) mass is 1100 g/mol. The summed E-state index contributed by atoms with van der Waals surface area (Å²) in [5.74, 6) is 1.01. The van der Waals surface area contributed by atoms with Crippen molar-refractivity contribution < 1.29 is 45.6 Å². The van der Waals surface area contributed by atoms with Crippen LogP contribution < -0.4 is 34.2 Å². The lowest BCUT2D eigenvalue weighted by Gasteiger charge is -2.16. The second kappa shape index (κ2) is 23.6. The predicted octanol–water partition coefficient (Wildman–Crippen LogP) is 4.19. The number of benzene rings is 2. The molecule has 0 fully saturated rings. The largest absolute Gasteiger partial charge is 0.497 e. The fourth-order valence-electron chi connectivity index (χ4n) is 7.96. The summed E-state index contributed by atoms with van der Waals surface area (Å²) in [6.07, 6.45) is 2.03. The molecule has 0 radical (unpaired) electrons. The third kappa shape index (κ3) is 12.8. The van der Waals surface area contributed by atoms with Crippen molar-refractivity contribution in [2.45, 2.75) is 43.5 Å². The maximum atomic E-state index is 15.8. The number of ether oxygens (including phenoxy) is 2. The number of H-pyrrole nitrogens is 2. The Kier molecular flexibility index (Phi) is 17.1. The maximum Gasteiger partial charge on any atom is 0.279 e. The highest BCUT2D eigenvalue weighted by molar-refractivity contribution is 7.93. The Morgan fingerprint density at radius 2 is 1.32 bits per heavy atom. The van der Waals surface area contributed by atoms with Crippen LogP contribution in [0, 0.1) is 19.7 Å². The summed E-state index contributed by atoms with van der Waals surface area (Å²) in [6, 6.07) is 14.1. The van der Waals surface area contributed by atoms with Gasteiger partial charge in [-0.25, -0.2) is 34.3 Å². The lowest BCUT2D eigenvalue weighted by molar-refractivity contribution is -0.757. The minimum atomic E-state index is -4.44. The number of nitrogens with zero attached hydrogens (tertiary/aromatic N) is 10. The van der Waals surface area contributed by atoms with Crippen LogP contribution in [0.4, 0.5) is 27.4 Å². The molecule has 402 valence electrons. The molecule has 6 aromatic heterocycles. The molecule has 0 saturated heterocycles. The quantitative estimate of drug-likeness (QED) is 0.0372. The molecule has 0 bridgehead atoms. The normalized spacial score (nSPS) is 12.4. The lowest BCUT2D eigenvalue weighted by atomic mass is 10.1. The summed E-state index contributed by atoms with van der Waals surface area (Å²) >= 11 is 6.67. The first-order chi connectivity index (χ1) is 36.4. The zero-order valence-corrected chi connectivity index (χ0v) is 44.6. The van der Waals surface area contributed by atoms with Gasteiger partial charge in [-0.3, -0.25) is 14.5 Å². The Morgan fingerprint density at radius 3 is 1.92 bits per heavy atom. The molecule has 0 spiro atoms. The van der Waals surface area contributed by atoms with Gasteiger partial charge in [-0.05, 0) is 76.5 Å². The number of nitrogens with one attached hydrogen (secondary N) is 6. The number of anilines is 4. The van der Waals surface area contributed by atoms with Crippen molar-refractivity contribution in [2.75, 3.05) is 93.8 Å². The molecule has 8 aromatic rings. The molecule has 0 amide bonds. The topological polar surface area (TPSA) is 307 Å². The van der Waals surface area contributed by atoms with Gasteiger partial charge in [0.1, 0.15) is 34.3 Å². The number of sulfonamides is 2. The average Bonchev–Trinajstić information content (AvgIpc) is 3.93. The molecule has 0 aliphatic heterocycles. The number of aliphatic hydroxyl groups is 2. The summed E-state index contributed by atoms with van der Waals surface area (Å²) in [4.78, 5) is 30.8. The van der Waals surface area contributed by atoms with Crippen molar-refractivity contribution >= 4 is 76.7 Å². The Bertz CT molecular complexity index is 3610. The lowest BCUT2D eigenvalue weighted by Crippen LogP contribution is -2.44. The van der Waals surface area contributed by atoms with E-state index in [1.54, 1.807) is 19.1 Å². The first-order valence-electron chi connectivity index (χ1n) is 23.7. The third-order valence-electron chi connectivity index (χ3n) is 12.0. The van der Waals surface area contributed by atoms with Gasteiger partial charge >= 0.3 is 0 Å². The molecule has 0 aliphatic carbocycles. The summed E-state index contributed by atoms with van der Waals surface area (Å²) in [5.41, 5.74) is 2.82. The number of aromatic amines is 2. The SMILES string of the molecule is COc1ccnc(S(=O)(=O)Nc2ccc(-c3nc(NCCN(C)CCO)c4c(C)[n+](CC(C)Oc5ccnc(S(=O)(=O)Nc6ccc(-c7nc(NCCN(C)CCO)c8c(C)[nH]nc8n7)cc6F)c5)[nH]c4n3)cc2Cl)c1. The van der Waals surface area contributed by atoms with E-state index in [1.807, 2.05) is 42.4 Å². The number of aromatic nitrogens is 10. The van der Waals surface area contributed by atoms with Gasteiger partial charge in [-0.2, -0.15) is 21.9 Å². The fraction of sp³-hybridized carbons (Fsp3) is 0.333. The van der Waals surface area contributed by atoms with E-state index < -0.39 is 37.0 Å². The Balaban J connectivity index is 0.981. The number of methoxy groups -OCH3 is 1. The number of rotatable bonds is 25. The van der Waals surface area contributed by atoms with Crippen LogP contribution in [0.25, 0.3) is 44.8 Å². The standard InChI is InChI=1S/C48H56ClFN16O8S2/c1-28(74-34-12-14-52-40(26-34)76(71,72)63-38-10-8-32(24-36(38)50)44-55-45(53-15-17-64(4)19-21-67)41-29(2)59-60-47(41)57-44)27-66-30(3)42-46(54-16-18-65(5)20-22-68)56-43(58-48(42)61-66)31-7-9-37(35(49)23-31)62-75(69,70)39-25-33(73-6)11-13-51-39/h7-14,23-26,28,67-68H,15-22,27H2,1-6H3,(H5,53,54,55,56,57,58,59,60,61,62,63)/p+1. The van der Waals surface area contributed by atoms with Crippen molar-refractivity contribution in [1.29, 1.82) is 0 Å². The van der Waals surface area contributed by atoms with Crippen LogP contribution in [0.2, 0.25) is 5.02 Å². The molecule has 8 rings (SSSR count). The van der Waals surface area contributed by atoms with E-state index in [2.05, 4.69) is 55.3 Å². The molecule has 24 nitrogen and oxygen atoms in total. The molecule has 2 aromatic carbocycles. The minimum absolute atomic E-state index is 0.00349. The van der Waals surface area contributed by atoms with Crippen LogP contribution in [0.1, 0.15) is 18.3 Å². The number of pyridine rings is 2. The summed E-state index contributed by atoms with van der Waals surface area (Å²) in [7, 11) is -3.39. The van der Waals surface area contributed by atoms with Gasteiger partial charge in [0.05, 0.1) is 42.1 Å².